The molecule has 2 rings (SSSR count). The topological polar surface area (TPSA) is 23.8 Å². The highest BCUT2D eigenvalue weighted by molar-refractivity contribution is 9.08. The quantitative estimate of drug-likeness (QED) is 0.753. The molecule has 0 aliphatic heterocycles. The van der Waals surface area contributed by atoms with E-state index in [9.17, 15) is 0 Å². The molecule has 0 atom stereocenters. The molecule has 0 unspecified atom stereocenters. The van der Waals surface area contributed by atoms with Crippen LogP contribution < -0.4 is 0 Å². The van der Waals surface area contributed by atoms with E-state index in [4.69, 9.17) is 5.26 Å². The summed E-state index contributed by atoms with van der Waals surface area (Å²) in [6.45, 7) is 0. The number of nitrogens with zero attached hydrogens (tertiary/aromatic N) is 1. The van der Waals surface area contributed by atoms with Crippen molar-refractivity contribution in [2.24, 2.45) is 0 Å². The molecule has 0 fully saturated rings. The van der Waals surface area contributed by atoms with Gasteiger partial charge < -0.3 is 0 Å². The average molecular weight is 260 g/mol. The van der Waals surface area contributed by atoms with Gasteiger partial charge in [0.25, 0.3) is 0 Å². The van der Waals surface area contributed by atoms with Crippen molar-refractivity contribution in [2.75, 3.05) is 0 Å². The van der Waals surface area contributed by atoms with Crippen LogP contribution in [0.1, 0.15) is 11.1 Å². The molecule has 2 aromatic rings. The van der Waals surface area contributed by atoms with E-state index in [0.29, 0.717) is 6.42 Å². The molecule has 0 aliphatic carbocycles. The van der Waals surface area contributed by atoms with E-state index in [0.717, 1.165) is 10.9 Å². The molecule has 0 radical (unpaired) electrons. The first-order valence-electron chi connectivity index (χ1n) is 4.79. The normalized spacial score (nSPS) is 10.1. The molecule has 74 valence electrons. The monoisotopic (exact) mass is 259 g/mol. The highest BCUT2D eigenvalue weighted by Gasteiger charge is 2.05. The van der Waals surface area contributed by atoms with Crippen molar-refractivity contribution < 1.29 is 0 Å². The number of rotatable bonds is 2. The zero-order chi connectivity index (χ0) is 10.7. The summed E-state index contributed by atoms with van der Waals surface area (Å²) in [5.41, 5.74) is 2.35. The molecule has 0 bridgehead atoms. The lowest BCUT2D eigenvalue weighted by Crippen LogP contribution is -1.92. The van der Waals surface area contributed by atoms with Crippen molar-refractivity contribution in [3.63, 3.8) is 0 Å². The van der Waals surface area contributed by atoms with E-state index in [1.54, 1.807) is 0 Å². The zero-order valence-corrected chi connectivity index (χ0v) is 9.79. The molecule has 0 aromatic heterocycles. The zero-order valence-electron chi connectivity index (χ0n) is 8.20. The summed E-state index contributed by atoms with van der Waals surface area (Å²) in [6.07, 6.45) is 0.474. The number of fused-ring (bicyclic) bond motifs is 1. The Balaban J connectivity index is 2.74. The fourth-order valence-corrected chi connectivity index (χ4v) is 2.32. The number of benzene rings is 2. The summed E-state index contributed by atoms with van der Waals surface area (Å²) in [5.74, 6) is 0. The van der Waals surface area contributed by atoms with Crippen LogP contribution in [0.2, 0.25) is 0 Å². The van der Waals surface area contributed by atoms with Gasteiger partial charge in [-0.3, -0.25) is 0 Å². The smallest absolute Gasteiger partial charge is 0.0670 e. The fraction of sp³-hybridized carbons (Fsp3) is 0.154. The van der Waals surface area contributed by atoms with Gasteiger partial charge in [0.1, 0.15) is 0 Å². The molecule has 2 aromatic carbocycles. The number of hydrogen-bond acceptors (Lipinski definition) is 1. The fourth-order valence-electron chi connectivity index (χ4n) is 1.79. The van der Waals surface area contributed by atoms with Gasteiger partial charge in [-0.05, 0) is 21.9 Å². The molecule has 0 N–H and O–H groups in total. The maximum absolute atomic E-state index is 8.83. The maximum Gasteiger partial charge on any atom is 0.0670 e. The van der Waals surface area contributed by atoms with Gasteiger partial charge in [-0.15, -0.1) is 0 Å². The molecule has 15 heavy (non-hydrogen) atoms. The summed E-state index contributed by atoms with van der Waals surface area (Å²) < 4.78 is 0. The Kier molecular flexibility index (Phi) is 3.03. The molecule has 0 spiro atoms. The van der Waals surface area contributed by atoms with Gasteiger partial charge in [0.15, 0.2) is 0 Å². The van der Waals surface area contributed by atoms with Gasteiger partial charge in [-0.25, -0.2) is 0 Å². The number of halogens is 1. The van der Waals surface area contributed by atoms with Crippen LogP contribution in [0.15, 0.2) is 36.4 Å². The first kappa shape index (κ1) is 10.2. The summed E-state index contributed by atoms with van der Waals surface area (Å²) in [4.78, 5) is 0. The number of nitriles is 1. The Morgan fingerprint density at radius 3 is 2.67 bits per heavy atom. The van der Waals surface area contributed by atoms with Crippen LogP contribution in [0.25, 0.3) is 10.8 Å². The Morgan fingerprint density at radius 2 is 1.93 bits per heavy atom. The van der Waals surface area contributed by atoms with Crippen molar-refractivity contribution in [3.05, 3.63) is 47.5 Å². The lowest BCUT2D eigenvalue weighted by Gasteiger charge is -2.08. The molecule has 0 amide bonds. The number of alkyl halides is 1. The van der Waals surface area contributed by atoms with Crippen molar-refractivity contribution in [1.82, 2.24) is 0 Å². The highest BCUT2D eigenvalue weighted by atomic mass is 79.9. The second-order valence-electron chi connectivity index (χ2n) is 3.39. The van der Waals surface area contributed by atoms with Crippen LogP contribution in [0.3, 0.4) is 0 Å². The first-order chi connectivity index (χ1) is 7.36. The van der Waals surface area contributed by atoms with E-state index in [-0.39, 0.29) is 0 Å². The van der Waals surface area contributed by atoms with Crippen molar-refractivity contribution >= 4 is 26.7 Å². The van der Waals surface area contributed by atoms with Crippen LogP contribution in [-0.4, -0.2) is 0 Å². The molecular weight excluding hydrogens is 250 g/mol. The molecule has 0 heterocycles. The van der Waals surface area contributed by atoms with Crippen LogP contribution in [0.5, 0.6) is 0 Å². The third-order valence-electron chi connectivity index (χ3n) is 2.54. The van der Waals surface area contributed by atoms with Gasteiger partial charge in [0.05, 0.1) is 12.5 Å². The number of hydrogen-bond donors (Lipinski definition) is 0. The second-order valence-corrected chi connectivity index (χ2v) is 3.95. The standard InChI is InChI=1S/C13H10BrN/c14-9-11-6-5-10-3-1-2-4-12(10)13(11)7-8-15/h1-6H,7,9H2. The lowest BCUT2D eigenvalue weighted by atomic mass is 9.98. The molecule has 0 saturated carbocycles. The van der Waals surface area contributed by atoms with Gasteiger partial charge in [-0.2, -0.15) is 5.26 Å². The minimum absolute atomic E-state index is 0.474. The Hall–Kier alpha value is -1.33. The van der Waals surface area contributed by atoms with Gasteiger partial charge in [0, 0.05) is 5.33 Å². The molecule has 0 saturated heterocycles. The van der Waals surface area contributed by atoms with E-state index < -0.39 is 0 Å². The van der Waals surface area contributed by atoms with Crippen LogP contribution >= 0.6 is 15.9 Å². The average Bonchev–Trinajstić information content (AvgIpc) is 2.30. The van der Waals surface area contributed by atoms with E-state index in [2.05, 4.69) is 46.3 Å². The predicted octanol–water partition coefficient (Wildman–Crippen LogP) is 3.80. The summed E-state index contributed by atoms with van der Waals surface area (Å²) in [6, 6.07) is 14.6. The third-order valence-corrected chi connectivity index (χ3v) is 3.14. The van der Waals surface area contributed by atoms with E-state index in [1.807, 2.05) is 12.1 Å². The summed E-state index contributed by atoms with van der Waals surface area (Å²) in [7, 11) is 0. The minimum atomic E-state index is 0.474. The molecular formula is C13H10BrN. The summed E-state index contributed by atoms with van der Waals surface area (Å²) in [5, 5.41) is 12.0. The van der Waals surface area contributed by atoms with Crippen molar-refractivity contribution in [2.45, 2.75) is 11.8 Å². The van der Waals surface area contributed by atoms with Crippen LogP contribution in [-0.2, 0) is 11.8 Å². The minimum Gasteiger partial charge on any atom is -0.198 e. The van der Waals surface area contributed by atoms with Gasteiger partial charge >= 0.3 is 0 Å². The largest absolute Gasteiger partial charge is 0.198 e. The van der Waals surface area contributed by atoms with E-state index >= 15 is 0 Å². The molecule has 0 aliphatic rings. The van der Waals surface area contributed by atoms with Gasteiger partial charge in [-0.1, -0.05) is 52.3 Å². The molecule has 1 nitrogen and oxygen atoms in total. The predicted molar refractivity (Wildman–Crippen MR) is 65.9 cm³/mol. The maximum atomic E-state index is 8.83. The Morgan fingerprint density at radius 1 is 1.13 bits per heavy atom. The Bertz CT molecular complexity index is 526. The lowest BCUT2D eigenvalue weighted by molar-refractivity contribution is 1.23. The summed E-state index contributed by atoms with van der Waals surface area (Å²) >= 11 is 3.45. The SMILES string of the molecule is N#CCc1c(CBr)ccc2ccccc12. The van der Waals surface area contributed by atoms with Crippen LogP contribution in [0.4, 0.5) is 0 Å². The van der Waals surface area contributed by atoms with Crippen molar-refractivity contribution in [1.29, 1.82) is 5.26 Å². The van der Waals surface area contributed by atoms with E-state index in [1.165, 1.54) is 16.3 Å². The Labute approximate surface area is 97.5 Å². The third kappa shape index (κ3) is 1.88. The van der Waals surface area contributed by atoms with Crippen LogP contribution in [0, 0.1) is 11.3 Å². The van der Waals surface area contributed by atoms with Crippen molar-refractivity contribution in [3.8, 4) is 6.07 Å². The second kappa shape index (κ2) is 4.46. The highest BCUT2D eigenvalue weighted by Crippen LogP contribution is 2.24. The molecule has 2 heteroatoms. The first-order valence-corrected chi connectivity index (χ1v) is 5.91. The van der Waals surface area contributed by atoms with Gasteiger partial charge in [0.2, 0.25) is 0 Å².